The number of amides is 1. The molecule has 1 unspecified atom stereocenters. The summed E-state index contributed by atoms with van der Waals surface area (Å²) in [5, 5.41) is 3.12. The standard InChI is InChI=1S/C22H28N2O3S/c1-26-20-9-5-8-19(14-20)21(24-10-12-27-13-11-24)15-23-22(25)17-28-16-18-6-3-2-4-7-18/h2-9,14,21H,10-13,15-17H2,1H3,(H,23,25). The monoisotopic (exact) mass is 400 g/mol. The van der Waals surface area contributed by atoms with Gasteiger partial charge in [-0.1, -0.05) is 42.5 Å². The van der Waals surface area contributed by atoms with Crippen LogP contribution in [0.3, 0.4) is 0 Å². The Kier molecular flexibility index (Phi) is 8.21. The molecule has 0 saturated carbocycles. The Morgan fingerprint density at radius 3 is 2.71 bits per heavy atom. The van der Waals surface area contributed by atoms with Gasteiger partial charge >= 0.3 is 0 Å². The molecular formula is C22H28N2O3S. The van der Waals surface area contributed by atoms with Gasteiger partial charge in [0.15, 0.2) is 0 Å². The molecule has 6 heteroatoms. The second kappa shape index (κ2) is 11.1. The normalized spacial score (nSPS) is 15.8. The van der Waals surface area contributed by atoms with Gasteiger partial charge in [-0.3, -0.25) is 9.69 Å². The molecule has 150 valence electrons. The topological polar surface area (TPSA) is 50.8 Å². The van der Waals surface area contributed by atoms with E-state index < -0.39 is 0 Å². The Hall–Kier alpha value is -2.02. The van der Waals surface area contributed by atoms with Crippen molar-refractivity contribution in [3.05, 3.63) is 65.7 Å². The number of methoxy groups -OCH3 is 1. The lowest BCUT2D eigenvalue weighted by molar-refractivity contribution is -0.118. The highest BCUT2D eigenvalue weighted by atomic mass is 32.2. The molecule has 5 nitrogen and oxygen atoms in total. The highest BCUT2D eigenvalue weighted by molar-refractivity contribution is 7.99. The van der Waals surface area contributed by atoms with Crippen LogP contribution < -0.4 is 10.1 Å². The van der Waals surface area contributed by atoms with Crippen molar-refractivity contribution in [3.8, 4) is 5.75 Å². The van der Waals surface area contributed by atoms with Crippen LogP contribution in [0, 0.1) is 0 Å². The Bertz CT molecular complexity index is 736. The number of rotatable bonds is 9. The molecule has 1 aliphatic rings. The van der Waals surface area contributed by atoms with Crippen molar-refractivity contribution in [2.75, 3.05) is 45.7 Å². The zero-order valence-corrected chi connectivity index (χ0v) is 17.1. The summed E-state index contributed by atoms with van der Waals surface area (Å²) in [5.74, 6) is 2.21. The highest BCUT2D eigenvalue weighted by Crippen LogP contribution is 2.25. The summed E-state index contributed by atoms with van der Waals surface area (Å²) in [6.45, 7) is 3.75. The molecule has 0 radical (unpaired) electrons. The highest BCUT2D eigenvalue weighted by Gasteiger charge is 2.23. The molecule has 1 amide bonds. The number of carbonyl (C=O) groups is 1. The van der Waals surface area contributed by atoms with E-state index in [1.807, 2.05) is 30.3 Å². The lowest BCUT2D eigenvalue weighted by Crippen LogP contribution is -2.44. The van der Waals surface area contributed by atoms with Crippen molar-refractivity contribution >= 4 is 17.7 Å². The van der Waals surface area contributed by atoms with Gasteiger partial charge in [0.1, 0.15) is 5.75 Å². The summed E-state index contributed by atoms with van der Waals surface area (Å²) in [6, 6.07) is 18.4. The summed E-state index contributed by atoms with van der Waals surface area (Å²) in [6.07, 6.45) is 0. The molecule has 2 aromatic rings. The quantitative estimate of drug-likeness (QED) is 0.701. The Morgan fingerprint density at radius 1 is 1.18 bits per heavy atom. The molecule has 1 fully saturated rings. The predicted octanol–water partition coefficient (Wildman–Crippen LogP) is 3.12. The first-order chi connectivity index (χ1) is 13.8. The molecule has 1 heterocycles. The van der Waals surface area contributed by atoms with Crippen LogP contribution in [0.2, 0.25) is 0 Å². The second-order valence-corrected chi connectivity index (χ2v) is 7.71. The van der Waals surface area contributed by atoms with Gasteiger partial charge in [-0.25, -0.2) is 0 Å². The molecule has 1 aliphatic heterocycles. The average Bonchev–Trinajstić information content (AvgIpc) is 2.75. The van der Waals surface area contributed by atoms with Crippen LogP contribution in [-0.4, -0.2) is 56.5 Å². The molecule has 1 atom stereocenters. The van der Waals surface area contributed by atoms with E-state index in [2.05, 4.69) is 34.5 Å². The number of thioether (sulfide) groups is 1. The van der Waals surface area contributed by atoms with E-state index in [0.29, 0.717) is 12.3 Å². The van der Waals surface area contributed by atoms with E-state index in [1.165, 1.54) is 5.56 Å². The second-order valence-electron chi connectivity index (χ2n) is 6.72. The van der Waals surface area contributed by atoms with Gasteiger partial charge in [-0.15, -0.1) is 11.8 Å². The maximum atomic E-state index is 12.4. The van der Waals surface area contributed by atoms with Crippen molar-refractivity contribution in [3.63, 3.8) is 0 Å². The summed E-state index contributed by atoms with van der Waals surface area (Å²) >= 11 is 1.64. The molecule has 1 saturated heterocycles. The van der Waals surface area contributed by atoms with Crippen LogP contribution in [0.5, 0.6) is 5.75 Å². The summed E-state index contributed by atoms with van der Waals surface area (Å²) < 4.78 is 10.9. The van der Waals surface area contributed by atoms with Gasteiger partial charge in [0, 0.05) is 25.4 Å². The van der Waals surface area contributed by atoms with Gasteiger partial charge in [-0.2, -0.15) is 0 Å². The smallest absolute Gasteiger partial charge is 0.230 e. The van der Waals surface area contributed by atoms with E-state index in [0.717, 1.165) is 43.4 Å². The van der Waals surface area contributed by atoms with Gasteiger partial charge in [0.2, 0.25) is 5.91 Å². The Balaban J connectivity index is 1.55. The van der Waals surface area contributed by atoms with Crippen molar-refractivity contribution in [1.29, 1.82) is 0 Å². The largest absolute Gasteiger partial charge is 0.497 e. The molecular weight excluding hydrogens is 372 g/mol. The van der Waals surface area contributed by atoms with Gasteiger partial charge in [-0.05, 0) is 23.3 Å². The van der Waals surface area contributed by atoms with Crippen molar-refractivity contribution in [2.45, 2.75) is 11.8 Å². The number of carbonyl (C=O) groups excluding carboxylic acids is 1. The third kappa shape index (κ3) is 6.26. The Labute approximate surface area is 171 Å². The molecule has 2 aromatic carbocycles. The number of benzene rings is 2. The predicted molar refractivity (Wildman–Crippen MR) is 114 cm³/mol. The molecule has 0 spiro atoms. The number of nitrogens with zero attached hydrogens (tertiary/aromatic N) is 1. The fraction of sp³-hybridized carbons (Fsp3) is 0.409. The van der Waals surface area contributed by atoms with Crippen LogP contribution >= 0.6 is 11.8 Å². The lowest BCUT2D eigenvalue weighted by atomic mass is 10.0. The molecule has 0 aromatic heterocycles. The molecule has 0 bridgehead atoms. The van der Waals surface area contributed by atoms with E-state index >= 15 is 0 Å². The molecule has 1 N–H and O–H groups in total. The van der Waals surface area contributed by atoms with Crippen LogP contribution in [0.4, 0.5) is 0 Å². The zero-order valence-electron chi connectivity index (χ0n) is 16.3. The Morgan fingerprint density at radius 2 is 1.96 bits per heavy atom. The van der Waals surface area contributed by atoms with E-state index in [1.54, 1.807) is 18.9 Å². The number of hydrogen-bond acceptors (Lipinski definition) is 5. The summed E-state index contributed by atoms with van der Waals surface area (Å²) in [7, 11) is 1.68. The number of hydrogen-bond donors (Lipinski definition) is 1. The first-order valence-corrected chi connectivity index (χ1v) is 10.8. The minimum absolute atomic E-state index is 0.0714. The van der Waals surface area contributed by atoms with Crippen LogP contribution in [-0.2, 0) is 15.3 Å². The van der Waals surface area contributed by atoms with Crippen LogP contribution in [0.15, 0.2) is 54.6 Å². The first-order valence-electron chi connectivity index (χ1n) is 9.60. The van der Waals surface area contributed by atoms with E-state index in [4.69, 9.17) is 9.47 Å². The molecule has 0 aliphatic carbocycles. The summed E-state index contributed by atoms with van der Waals surface area (Å²) in [4.78, 5) is 14.7. The van der Waals surface area contributed by atoms with Crippen molar-refractivity contribution < 1.29 is 14.3 Å². The third-order valence-electron chi connectivity index (χ3n) is 4.80. The average molecular weight is 401 g/mol. The zero-order chi connectivity index (χ0) is 19.6. The van der Waals surface area contributed by atoms with E-state index in [-0.39, 0.29) is 11.9 Å². The number of morpholine rings is 1. The van der Waals surface area contributed by atoms with Crippen molar-refractivity contribution in [1.82, 2.24) is 10.2 Å². The SMILES string of the molecule is COc1cccc(C(CNC(=O)CSCc2ccccc2)N2CCOCC2)c1. The minimum Gasteiger partial charge on any atom is -0.497 e. The number of nitrogens with one attached hydrogen (secondary N) is 1. The van der Waals surface area contributed by atoms with Gasteiger partial charge in [0.05, 0.1) is 32.1 Å². The lowest BCUT2D eigenvalue weighted by Gasteiger charge is -2.35. The fourth-order valence-corrected chi connectivity index (χ4v) is 4.11. The van der Waals surface area contributed by atoms with Gasteiger partial charge < -0.3 is 14.8 Å². The fourth-order valence-electron chi connectivity index (χ4n) is 3.29. The van der Waals surface area contributed by atoms with E-state index in [9.17, 15) is 4.79 Å². The maximum Gasteiger partial charge on any atom is 0.230 e. The van der Waals surface area contributed by atoms with Crippen LogP contribution in [0.25, 0.3) is 0 Å². The first kappa shape index (κ1) is 20.7. The van der Waals surface area contributed by atoms with Gasteiger partial charge in [0.25, 0.3) is 0 Å². The number of ether oxygens (including phenoxy) is 2. The summed E-state index contributed by atoms with van der Waals surface area (Å²) in [5.41, 5.74) is 2.39. The third-order valence-corrected chi connectivity index (χ3v) is 5.81. The molecule has 3 rings (SSSR count). The minimum atomic E-state index is 0.0714. The maximum absolute atomic E-state index is 12.4. The van der Waals surface area contributed by atoms with Crippen LogP contribution in [0.1, 0.15) is 17.2 Å². The molecule has 28 heavy (non-hydrogen) atoms. The van der Waals surface area contributed by atoms with Crippen molar-refractivity contribution in [2.24, 2.45) is 0 Å².